The van der Waals surface area contributed by atoms with Gasteiger partial charge in [0.15, 0.2) is 0 Å². The molecule has 1 amide bonds. The van der Waals surface area contributed by atoms with E-state index in [1.54, 1.807) is 6.92 Å². The summed E-state index contributed by atoms with van der Waals surface area (Å²) < 4.78 is 1.11. The van der Waals surface area contributed by atoms with Crippen LogP contribution in [0.5, 0.6) is 0 Å². The van der Waals surface area contributed by atoms with Crippen molar-refractivity contribution in [3.05, 3.63) is 67.6 Å². The molecule has 132 valence electrons. The number of benzene rings is 1. The van der Waals surface area contributed by atoms with Gasteiger partial charge in [-0.25, -0.2) is 0 Å². The van der Waals surface area contributed by atoms with Gasteiger partial charge in [-0.3, -0.25) is 24.3 Å². The first kappa shape index (κ1) is 18.4. The van der Waals surface area contributed by atoms with Crippen molar-refractivity contribution in [2.75, 3.05) is 5.32 Å². The number of hydrogen-bond donors (Lipinski definition) is 1. The molecular formula is C18H21N3O4. The van der Waals surface area contributed by atoms with Crippen molar-refractivity contribution in [1.82, 2.24) is 4.57 Å². The molecule has 0 spiro atoms. The Morgan fingerprint density at radius 1 is 1.24 bits per heavy atom. The van der Waals surface area contributed by atoms with Crippen LogP contribution in [0.1, 0.15) is 36.6 Å². The molecule has 2 rings (SSSR count). The van der Waals surface area contributed by atoms with E-state index in [0.717, 1.165) is 27.4 Å². The average Bonchev–Trinajstić information content (AvgIpc) is 2.52. The summed E-state index contributed by atoms with van der Waals surface area (Å²) >= 11 is 0. The predicted molar refractivity (Wildman–Crippen MR) is 96.0 cm³/mol. The zero-order chi connectivity index (χ0) is 18.7. The van der Waals surface area contributed by atoms with Gasteiger partial charge in [-0.15, -0.1) is 0 Å². The van der Waals surface area contributed by atoms with Crippen LogP contribution in [0, 0.1) is 24.0 Å². The maximum Gasteiger partial charge on any atom is 0.334 e. The molecule has 0 unspecified atom stereocenters. The molecule has 2 aromatic rings. The minimum atomic E-state index is -0.783. The van der Waals surface area contributed by atoms with Crippen molar-refractivity contribution in [1.29, 1.82) is 0 Å². The predicted octanol–water partition coefficient (Wildman–Crippen LogP) is 3.14. The fraction of sp³-hybridized carbons (Fsp3) is 0.333. The molecule has 0 atom stereocenters. The number of anilines is 1. The smallest absolute Gasteiger partial charge is 0.324 e. The minimum Gasteiger partial charge on any atom is -0.324 e. The van der Waals surface area contributed by atoms with Crippen LogP contribution in [0.25, 0.3) is 0 Å². The summed E-state index contributed by atoms with van der Waals surface area (Å²) in [6.45, 7) is 7.30. The average molecular weight is 343 g/mol. The number of carbonyl (C=O) groups is 1. The summed E-state index contributed by atoms with van der Waals surface area (Å²) in [6, 6.07) is 8.38. The molecule has 7 nitrogen and oxygen atoms in total. The molecule has 1 aromatic carbocycles. The van der Waals surface area contributed by atoms with Gasteiger partial charge in [0.25, 0.3) is 0 Å². The summed E-state index contributed by atoms with van der Waals surface area (Å²) in [6.07, 6.45) is 0. The molecule has 0 aliphatic carbocycles. The van der Waals surface area contributed by atoms with E-state index in [9.17, 15) is 19.7 Å². The van der Waals surface area contributed by atoms with Gasteiger partial charge in [0, 0.05) is 17.4 Å². The second-order valence-electron chi connectivity index (χ2n) is 6.25. The van der Waals surface area contributed by atoms with Crippen molar-refractivity contribution < 1.29 is 9.72 Å². The number of para-hydroxylation sites is 1. The summed E-state index contributed by atoms with van der Waals surface area (Å²) in [5, 5.41) is 13.8. The highest BCUT2D eigenvalue weighted by molar-refractivity contribution is 5.92. The third-order valence-electron chi connectivity index (χ3n) is 4.06. The van der Waals surface area contributed by atoms with Crippen LogP contribution in [0.15, 0.2) is 35.1 Å². The van der Waals surface area contributed by atoms with Gasteiger partial charge in [-0.05, 0) is 37.0 Å². The molecule has 1 N–H and O–H groups in total. The van der Waals surface area contributed by atoms with Crippen molar-refractivity contribution in [2.24, 2.45) is 0 Å². The number of hydrogen-bond acceptors (Lipinski definition) is 4. The molecule has 0 aliphatic rings. The summed E-state index contributed by atoms with van der Waals surface area (Å²) in [7, 11) is 0. The number of carbonyl (C=O) groups excluding carboxylic acids is 1. The first-order valence-electron chi connectivity index (χ1n) is 7.96. The van der Waals surface area contributed by atoms with Crippen molar-refractivity contribution >= 4 is 17.3 Å². The molecule has 0 radical (unpaired) electrons. The van der Waals surface area contributed by atoms with Crippen molar-refractivity contribution in [2.45, 2.75) is 40.2 Å². The van der Waals surface area contributed by atoms with Crippen LogP contribution in [-0.2, 0) is 11.3 Å². The number of nitrogens with zero attached hydrogens (tertiary/aromatic N) is 2. The Morgan fingerprint density at radius 2 is 1.92 bits per heavy atom. The lowest BCUT2D eigenvalue weighted by Gasteiger charge is -2.17. The van der Waals surface area contributed by atoms with Crippen molar-refractivity contribution in [3.8, 4) is 0 Å². The van der Waals surface area contributed by atoms with Crippen LogP contribution < -0.4 is 10.9 Å². The summed E-state index contributed by atoms with van der Waals surface area (Å²) in [5.74, 6) is -0.181. The number of amides is 1. The fourth-order valence-corrected chi connectivity index (χ4v) is 2.66. The van der Waals surface area contributed by atoms with Gasteiger partial charge in [-0.1, -0.05) is 32.0 Å². The standard InChI is InChI=1S/C18H21N3O4/c1-11(2)14-7-5-6-12(3)17(14)19-16(22)10-20-13(4)8-9-15(18(20)23)21(24)25/h5-9,11H,10H2,1-4H3,(H,19,22). The number of nitrogens with one attached hydrogen (secondary N) is 1. The first-order valence-corrected chi connectivity index (χ1v) is 7.96. The maximum absolute atomic E-state index is 12.5. The highest BCUT2D eigenvalue weighted by Crippen LogP contribution is 2.27. The maximum atomic E-state index is 12.5. The summed E-state index contributed by atoms with van der Waals surface area (Å²) in [5.41, 5.74) is 1.79. The van der Waals surface area contributed by atoms with Crippen LogP contribution in [0.4, 0.5) is 11.4 Å². The van der Waals surface area contributed by atoms with E-state index in [2.05, 4.69) is 5.32 Å². The molecule has 0 saturated carbocycles. The quantitative estimate of drug-likeness (QED) is 0.666. The van der Waals surface area contributed by atoms with Crippen LogP contribution in [-0.4, -0.2) is 15.4 Å². The Labute approximate surface area is 145 Å². The van der Waals surface area contributed by atoms with Crippen LogP contribution in [0.2, 0.25) is 0 Å². The topological polar surface area (TPSA) is 94.2 Å². The lowest BCUT2D eigenvalue weighted by Crippen LogP contribution is -2.30. The van der Waals surface area contributed by atoms with Gasteiger partial charge < -0.3 is 5.32 Å². The van der Waals surface area contributed by atoms with Crippen LogP contribution in [0.3, 0.4) is 0 Å². The van der Waals surface area contributed by atoms with E-state index in [1.807, 2.05) is 39.0 Å². The monoisotopic (exact) mass is 343 g/mol. The largest absolute Gasteiger partial charge is 0.334 e. The number of pyridine rings is 1. The zero-order valence-electron chi connectivity index (χ0n) is 14.7. The minimum absolute atomic E-state index is 0.220. The van der Waals surface area contributed by atoms with Crippen molar-refractivity contribution in [3.63, 3.8) is 0 Å². The molecule has 1 heterocycles. The Hall–Kier alpha value is -2.96. The second kappa shape index (κ2) is 7.29. The van der Waals surface area contributed by atoms with E-state index in [1.165, 1.54) is 6.07 Å². The normalized spacial score (nSPS) is 10.8. The molecule has 25 heavy (non-hydrogen) atoms. The van der Waals surface area contributed by atoms with Gasteiger partial charge in [0.2, 0.25) is 5.91 Å². The molecule has 0 saturated heterocycles. The van der Waals surface area contributed by atoms with E-state index < -0.39 is 22.1 Å². The third-order valence-corrected chi connectivity index (χ3v) is 4.06. The first-order chi connectivity index (χ1) is 11.7. The Balaban J connectivity index is 2.33. The van der Waals surface area contributed by atoms with Gasteiger partial charge in [0.05, 0.1) is 4.92 Å². The molecule has 7 heteroatoms. The van der Waals surface area contributed by atoms with Crippen LogP contribution >= 0.6 is 0 Å². The number of nitro groups is 1. The Kier molecular flexibility index (Phi) is 5.36. The van der Waals surface area contributed by atoms with E-state index in [4.69, 9.17) is 0 Å². The number of aromatic nitrogens is 1. The SMILES string of the molecule is Cc1cccc(C(C)C)c1NC(=O)Cn1c(C)ccc([N+](=O)[O-])c1=O. The Bertz CT molecular complexity index is 884. The highest BCUT2D eigenvalue weighted by Gasteiger charge is 2.18. The summed E-state index contributed by atoms with van der Waals surface area (Å²) in [4.78, 5) is 34.8. The van der Waals surface area contributed by atoms with E-state index >= 15 is 0 Å². The van der Waals surface area contributed by atoms with Gasteiger partial charge in [-0.2, -0.15) is 0 Å². The van der Waals surface area contributed by atoms with E-state index in [0.29, 0.717) is 5.69 Å². The molecule has 0 bridgehead atoms. The highest BCUT2D eigenvalue weighted by atomic mass is 16.6. The third kappa shape index (κ3) is 3.93. The zero-order valence-corrected chi connectivity index (χ0v) is 14.7. The molecular weight excluding hydrogens is 322 g/mol. The fourth-order valence-electron chi connectivity index (χ4n) is 2.66. The molecule has 1 aromatic heterocycles. The Morgan fingerprint density at radius 3 is 2.52 bits per heavy atom. The molecule has 0 fully saturated rings. The number of aryl methyl sites for hydroxylation is 2. The lowest BCUT2D eigenvalue weighted by atomic mass is 9.98. The van der Waals surface area contributed by atoms with Gasteiger partial charge in [0.1, 0.15) is 6.54 Å². The number of rotatable bonds is 5. The second-order valence-corrected chi connectivity index (χ2v) is 6.25. The lowest BCUT2D eigenvalue weighted by molar-refractivity contribution is -0.386. The molecule has 0 aliphatic heterocycles. The van der Waals surface area contributed by atoms with Gasteiger partial charge >= 0.3 is 11.2 Å². The van der Waals surface area contributed by atoms with E-state index in [-0.39, 0.29) is 12.5 Å².